The summed E-state index contributed by atoms with van der Waals surface area (Å²) >= 11 is 1.25. The molecule has 5 nitrogen and oxygen atoms in total. The number of carbonyl (C=O) groups is 2. The topological polar surface area (TPSA) is 66.8 Å². The van der Waals surface area contributed by atoms with Crippen LogP contribution < -0.4 is 4.74 Å². The summed E-state index contributed by atoms with van der Waals surface area (Å²) in [6, 6.07) is 7.30. The van der Waals surface area contributed by atoms with E-state index in [0.717, 1.165) is 37.9 Å². The van der Waals surface area contributed by atoms with Gasteiger partial charge in [-0.1, -0.05) is 45.2 Å². The molecular weight excluding hydrogens is 362 g/mol. The predicted molar refractivity (Wildman–Crippen MR) is 110 cm³/mol. The molecule has 0 unspecified atom stereocenters. The third kappa shape index (κ3) is 5.59. The van der Waals surface area contributed by atoms with Crippen molar-refractivity contribution in [2.24, 2.45) is 0 Å². The normalized spacial score (nSPS) is 14.4. The zero-order valence-corrected chi connectivity index (χ0v) is 17.0. The summed E-state index contributed by atoms with van der Waals surface area (Å²) in [5.74, 6) is 0.661. The molecule has 0 spiro atoms. The molecule has 0 saturated heterocycles. The van der Waals surface area contributed by atoms with Gasteiger partial charge in [0.1, 0.15) is 5.75 Å². The molecule has 2 amide bonds. The van der Waals surface area contributed by atoms with Crippen LogP contribution in [0.25, 0.3) is 5.57 Å². The maximum Gasteiger partial charge on any atom is 0.267 e. The molecule has 0 fully saturated rings. The Labute approximate surface area is 165 Å². The maximum absolute atomic E-state index is 13.0. The lowest BCUT2D eigenvalue weighted by atomic mass is 10.1. The van der Waals surface area contributed by atoms with E-state index in [4.69, 9.17) is 9.84 Å². The summed E-state index contributed by atoms with van der Waals surface area (Å²) in [7, 11) is 0. The van der Waals surface area contributed by atoms with Crippen LogP contribution in [0.1, 0.15) is 51.5 Å². The molecule has 1 aliphatic rings. The van der Waals surface area contributed by atoms with E-state index in [1.807, 2.05) is 31.2 Å². The van der Waals surface area contributed by atoms with Gasteiger partial charge in [-0.25, -0.2) is 0 Å². The van der Waals surface area contributed by atoms with Gasteiger partial charge in [0.2, 0.25) is 0 Å². The number of hydrogen-bond donors (Lipinski definition) is 1. The largest absolute Gasteiger partial charge is 0.494 e. The lowest BCUT2D eigenvalue weighted by Gasteiger charge is -2.15. The molecule has 2 rings (SSSR count). The van der Waals surface area contributed by atoms with Crippen LogP contribution in [-0.2, 0) is 9.59 Å². The number of aliphatic hydroxyl groups is 1. The number of thioether (sulfide) groups is 1. The summed E-state index contributed by atoms with van der Waals surface area (Å²) in [5, 5.41) is 9.15. The average molecular weight is 392 g/mol. The number of unbranched alkanes of at least 4 members (excludes halogenated alkanes) is 3. The number of benzene rings is 1. The fraction of sp³-hybridized carbons (Fsp3) is 0.524. The van der Waals surface area contributed by atoms with E-state index in [9.17, 15) is 9.59 Å². The Morgan fingerprint density at radius 2 is 1.74 bits per heavy atom. The van der Waals surface area contributed by atoms with E-state index in [2.05, 4.69) is 6.92 Å². The van der Waals surface area contributed by atoms with E-state index in [1.54, 1.807) is 0 Å². The Kier molecular flexibility index (Phi) is 8.88. The molecule has 0 atom stereocenters. The number of nitrogens with zero attached hydrogens (tertiary/aromatic N) is 1. The van der Waals surface area contributed by atoms with Gasteiger partial charge in [0, 0.05) is 12.3 Å². The first-order chi connectivity index (χ1) is 13.1. The second kappa shape index (κ2) is 11.1. The van der Waals surface area contributed by atoms with Crippen molar-refractivity contribution in [1.29, 1.82) is 0 Å². The first-order valence-corrected chi connectivity index (χ1v) is 10.7. The molecule has 0 radical (unpaired) electrons. The molecular formula is C21H29NO4S. The van der Waals surface area contributed by atoms with Gasteiger partial charge in [0.15, 0.2) is 0 Å². The number of carbonyl (C=O) groups excluding carboxylic acids is 2. The lowest BCUT2D eigenvalue weighted by Crippen LogP contribution is -2.32. The molecule has 0 saturated carbocycles. The molecule has 1 N–H and O–H groups in total. The number of rotatable bonds is 12. The smallest absolute Gasteiger partial charge is 0.267 e. The van der Waals surface area contributed by atoms with Crippen molar-refractivity contribution >= 4 is 29.1 Å². The van der Waals surface area contributed by atoms with E-state index in [-0.39, 0.29) is 18.4 Å². The zero-order chi connectivity index (χ0) is 19.6. The van der Waals surface area contributed by atoms with Gasteiger partial charge in [0.05, 0.1) is 23.7 Å². The highest BCUT2D eigenvalue weighted by atomic mass is 32.2. The second-order valence-corrected chi connectivity index (χ2v) is 7.58. The first kappa shape index (κ1) is 21.5. The number of imide groups is 1. The molecule has 148 valence electrons. The molecule has 1 heterocycles. The van der Waals surface area contributed by atoms with Crippen LogP contribution >= 0.6 is 11.8 Å². The van der Waals surface area contributed by atoms with Gasteiger partial charge >= 0.3 is 0 Å². The molecule has 0 aliphatic carbocycles. The van der Waals surface area contributed by atoms with Crippen LogP contribution in [0.3, 0.4) is 0 Å². The second-order valence-electron chi connectivity index (χ2n) is 6.47. The minimum atomic E-state index is -0.240. The molecule has 0 bridgehead atoms. The van der Waals surface area contributed by atoms with Crippen LogP contribution in [0.5, 0.6) is 5.75 Å². The molecule has 0 aromatic heterocycles. The van der Waals surface area contributed by atoms with E-state index >= 15 is 0 Å². The highest BCUT2D eigenvalue weighted by Crippen LogP contribution is 2.36. The lowest BCUT2D eigenvalue weighted by molar-refractivity contribution is -0.136. The fourth-order valence-electron chi connectivity index (χ4n) is 2.93. The van der Waals surface area contributed by atoms with Crippen molar-refractivity contribution in [3.63, 3.8) is 0 Å². The predicted octanol–water partition coefficient (Wildman–Crippen LogP) is 3.86. The van der Waals surface area contributed by atoms with Gasteiger partial charge in [-0.15, -0.1) is 11.8 Å². The van der Waals surface area contributed by atoms with Gasteiger partial charge in [0.25, 0.3) is 11.8 Å². The van der Waals surface area contributed by atoms with Crippen molar-refractivity contribution in [3.8, 4) is 5.75 Å². The van der Waals surface area contributed by atoms with Gasteiger partial charge in [-0.3, -0.25) is 14.5 Å². The van der Waals surface area contributed by atoms with Crippen LogP contribution in [-0.4, -0.2) is 47.3 Å². The quantitative estimate of drug-likeness (QED) is 0.433. The third-order valence-corrected chi connectivity index (χ3v) is 5.37. The van der Waals surface area contributed by atoms with Crippen molar-refractivity contribution < 1.29 is 19.4 Å². The molecule has 6 heteroatoms. The standard InChI is InChI=1S/C21H29NO4S/c1-3-5-6-7-12-22-20(24)18(19(21(22)25)27-15-13-23)16-8-10-17(11-9-16)26-14-4-2/h8-11,23H,3-7,12-15H2,1-2H3. The third-order valence-electron chi connectivity index (χ3n) is 4.31. The molecule has 27 heavy (non-hydrogen) atoms. The van der Waals surface area contributed by atoms with Gasteiger partial charge < -0.3 is 9.84 Å². The number of aliphatic hydroxyl groups excluding tert-OH is 1. The van der Waals surface area contributed by atoms with Crippen molar-refractivity contribution in [2.45, 2.75) is 46.0 Å². The van der Waals surface area contributed by atoms with E-state index < -0.39 is 0 Å². The summed E-state index contributed by atoms with van der Waals surface area (Å²) in [6.07, 6.45) is 4.96. The number of hydrogen-bond acceptors (Lipinski definition) is 5. The zero-order valence-electron chi connectivity index (χ0n) is 16.2. The van der Waals surface area contributed by atoms with Gasteiger partial charge in [-0.05, 0) is 30.5 Å². The highest BCUT2D eigenvalue weighted by molar-refractivity contribution is 8.04. The van der Waals surface area contributed by atoms with Crippen molar-refractivity contribution in [1.82, 2.24) is 4.90 Å². The number of amides is 2. The summed E-state index contributed by atoms with van der Waals surface area (Å²) in [6.45, 7) is 5.22. The Balaban J connectivity index is 2.21. The Morgan fingerprint density at radius 1 is 1.00 bits per heavy atom. The fourth-order valence-corrected chi connectivity index (χ4v) is 3.81. The Morgan fingerprint density at radius 3 is 2.37 bits per heavy atom. The van der Waals surface area contributed by atoms with Crippen molar-refractivity contribution in [3.05, 3.63) is 34.7 Å². The Bertz CT molecular complexity index is 669. The molecule has 1 aromatic rings. The van der Waals surface area contributed by atoms with Gasteiger partial charge in [-0.2, -0.15) is 0 Å². The summed E-state index contributed by atoms with van der Waals surface area (Å²) in [4.78, 5) is 27.5. The average Bonchev–Trinajstić information content (AvgIpc) is 2.92. The van der Waals surface area contributed by atoms with Crippen molar-refractivity contribution in [2.75, 3.05) is 25.5 Å². The number of ether oxygens (including phenoxy) is 1. The van der Waals surface area contributed by atoms with E-state index in [0.29, 0.717) is 34.9 Å². The highest BCUT2D eigenvalue weighted by Gasteiger charge is 2.38. The first-order valence-electron chi connectivity index (χ1n) is 9.71. The van der Waals surface area contributed by atoms with Crippen LogP contribution in [0, 0.1) is 0 Å². The summed E-state index contributed by atoms with van der Waals surface area (Å²) < 4.78 is 5.59. The van der Waals surface area contributed by atoms with E-state index in [1.165, 1.54) is 16.7 Å². The molecule has 1 aromatic carbocycles. The maximum atomic E-state index is 13.0. The minimum Gasteiger partial charge on any atom is -0.494 e. The summed E-state index contributed by atoms with van der Waals surface area (Å²) in [5.41, 5.74) is 1.16. The van der Waals surface area contributed by atoms with Crippen LogP contribution in [0.15, 0.2) is 29.2 Å². The minimum absolute atomic E-state index is 0.0385. The van der Waals surface area contributed by atoms with Crippen LogP contribution in [0.4, 0.5) is 0 Å². The van der Waals surface area contributed by atoms with Crippen LogP contribution in [0.2, 0.25) is 0 Å². The monoisotopic (exact) mass is 391 g/mol. The Hall–Kier alpha value is -1.79. The molecule has 1 aliphatic heterocycles. The SMILES string of the molecule is CCCCCCN1C(=O)C(SCCO)=C(c2ccc(OCCC)cc2)C1=O.